The highest BCUT2D eigenvalue weighted by Crippen LogP contribution is 2.40. The third kappa shape index (κ3) is 3.93. The van der Waals surface area contributed by atoms with Crippen LogP contribution < -0.4 is 14.8 Å². The molecular formula is C19H20ClFN2O4S. The molecule has 0 fully saturated rings. The zero-order chi connectivity index (χ0) is 20.6. The molecule has 0 bridgehead atoms. The molecule has 2 atom stereocenters. The number of rotatable bonds is 5. The number of sulfonamides is 1. The van der Waals surface area contributed by atoms with Crippen LogP contribution >= 0.6 is 11.6 Å². The van der Waals surface area contributed by atoms with Gasteiger partial charge in [-0.25, -0.2) is 12.8 Å². The zero-order valence-electron chi connectivity index (χ0n) is 15.4. The van der Waals surface area contributed by atoms with Gasteiger partial charge >= 0.3 is 0 Å². The van der Waals surface area contributed by atoms with Crippen molar-refractivity contribution < 1.29 is 22.3 Å². The summed E-state index contributed by atoms with van der Waals surface area (Å²) >= 11 is 5.78. The van der Waals surface area contributed by atoms with Crippen LogP contribution in [-0.2, 0) is 14.8 Å². The maximum absolute atomic E-state index is 13.5. The van der Waals surface area contributed by atoms with E-state index in [9.17, 15) is 17.6 Å². The van der Waals surface area contributed by atoms with Crippen LogP contribution in [-0.4, -0.2) is 26.8 Å². The Hall–Kier alpha value is -2.32. The van der Waals surface area contributed by atoms with E-state index in [-0.39, 0.29) is 40.3 Å². The van der Waals surface area contributed by atoms with Gasteiger partial charge in [0.25, 0.3) is 10.0 Å². The summed E-state index contributed by atoms with van der Waals surface area (Å²) < 4.78 is 47.2. The highest BCUT2D eigenvalue weighted by atomic mass is 35.5. The van der Waals surface area contributed by atoms with Gasteiger partial charge in [0.2, 0.25) is 0 Å². The quantitative estimate of drug-likeness (QED) is 0.737. The number of fused-ring (bicyclic) bond motifs is 1. The number of ether oxygens (including phenoxy) is 1. The first-order valence-corrected chi connectivity index (χ1v) is 10.4. The number of Topliss-reactive ketones (excluding diaryl/α,β-unsaturated/α-hetero) is 1. The van der Waals surface area contributed by atoms with Crippen LogP contribution in [0.25, 0.3) is 0 Å². The van der Waals surface area contributed by atoms with E-state index in [1.165, 1.54) is 17.3 Å². The SMILES string of the molecule is CC(=O)C[C@H](C)C1CN(S(=O)(=O)c2ccc(F)c(Cl)c2)c2cc(N)ccc2O1. The molecule has 1 aliphatic heterocycles. The van der Waals surface area contributed by atoms with Crippen LogP contribution in [0.2, 0.25) is 5.02 Å². The van der Waals surface area contributed by atoms with Crippen LogP contribution in [0.3, 0.4) is 0 Å². The van der Waals surface area contributed by atoms with E-state index >= 15 is 0 Å². The number of halogens is 2. The highest BCUT2D eigenvalue weighted by molar-refractivity contribution is 7.92. The standard InChI is InChI=1S/C19H20ClFN2O4S/c1-11(7-12(2)24)19-10-23(17-8-13(22)3-6-18(17)27-19)28(25,26)14-4-5-16(21)15(20)9-14/h3-6,8-9,11,19H,7,10,22H2,1-2H3/t11-,19?/m0/s1. The smallest absolute Gasteiger partial charge is 0.264 e. The van der Waals surface area contributed by atoms with E-state index < -0.39 is 21.9 Å². The molecule has 0 saturated heterocycles. The van der Waals surface area contributed by atoms with Gasteiger partial charge < -0.3 is 15.3 Å². The van der Waals surface area contributed by atoms with Crippen molar-refractivity contribution in [2.45, 2.75) is 31.3 Å². The lowest BCUT2D eigenvalue weighted by molar-refractivity contribution is -0.118. The van der Waals surface area contributed by atoms with Crippen molar-refractivity contribution in [1.29, 1.82) is 0 Å². The maximum Gasteiger partial charge on any atom is 0.264 e. The lowest BCUT2D eigenvalue weighted by Crippen LogP contribution is -2.46. The largest absolute Gasteiger partial charge is 0.486 e. The molecule has 0 saturated carbocycles. The van der Waals surface area contributed by atoms with Crippen molar-refractivity contribution >= 4 is 38.8 Å². The van der Waals surface area contributed by atoms with E-state index in [4.69, 9.17) is 22.1 Å². The van der Waals surface area contributed by atoms with E-state index in [1.807, 2.05) is 6.92 Å². The fourth-order valence-electron chi connectivity index (χ4n) is 3.16. The zero-order valence-corrected chi connectivity index (χ0v) is 16.9. The second kappa shape index (κ2) is 7.60. The number of carbonyl (C=O) groups is 1. The Morgan fingerprint density at radius 2 is 2.07 bits per heavy atom. The molecule has 0 aliphatic carbocycles. The first kappa shape index (κ1) is 20.4. The normalized spacial score (nSPS) is 17.6. The van der Waals surface area contributed by atoms with E-state index in [2.05, 4.69) is 0 Å². The monoisotopic (exact) mass is 426 g/mol. The molecule has 28 heavy (non-hydrogen) atoms. The minimum atomic E-state index is -4.06. The summed E-state index contributed by atoms with van der Waals surface area (Å²) in [7, 11) is -4.06. The van der Waals surface area contributed by atoms with Gasteiger partial charge in [-0.05, 0) is 43.3 Å². The van der Waals surface area contributed by atoms with Crippen LogP contribution in [0, 0.1) is 11.7 Å². The molecule has 1 aliphatic rings. The Morgan fingerprint density at radius 3 is 2.71 bits per heavy atom. The summed E-state index contributed by atoms with van der Waals surface area (Å²) in [4.78, 5) is 11.4. The number of ketones is 1. The molecule has 6 nitrogen and oxygen atoms in total. The summed E-state index contributed by atoms with van der Waals surface area (Å²) in [6.07, 6.45) is -0.281. The summed E-state index contributed by atoms with van der Waals surface area (Å²) in [5.41, 5.74) is 6.49. The minimum absolute atomic E-state index is 0.0117. The molecule has 3 rings (SSSR count). The predicted molar refractivity (Wildman–Crippen MR) is 106 cm³/mol. The maximum atomic E-state index is 13.5. The second-order valence-electron chi connectivity index (χ2n) is 6.88. The van der Waals surface area contributed by atoms with Gasteiger partial charge in [-0.15, -0.1) is 0 Å². The minimum Gasteiger partial charge on any atom is -0.486 e. The molecule has 2 aromatic rings. The highest BCUT2D eigenvalue weighted by Gasteiger charge is 2.37. The van der Waals surface area contributed by atoms with Crippen molar-refractivity contribution in [1.82, 2.24) is 0 Å². The Balaban J connectivity index is 2.07. The van der Waals surface area contributed by atoms with Gasteiger partial charge in [0.15, 0.2) is 0 Å². The fraction of sp³-hybridized carbons (Fsp3) is 0.316. The number of anilines is 2. The van der Waals surface area contributed by atoms with Crippen LogP contribution in [0.15, 0.2) is 41.3 Å². The van der Waals surface area contributed by atoms with Crippen LogP contribution in [0.4, 0.5) is 15.8 Å². The molecular weight excluding hydrogens is 407 g/mol. The van der Waals surface area contributed by atoms with Crippen molar-refractivity contribution in [2.24, 2.45) is 5.92 Å². The Labute approximate surface area is 168 Å². The molecule has 2 aromatic carbocycles. The van der Waals surface area contributed by atoms with Crippen molar-refractivity contribution in [3.05, 3.63) is 47.2 Å². The lowest BCUT2D eigenvalue weighted by Gasteiger charge is -2.37. The third-order valence-corrected chi connectivity index (χ3v) is 6.66. The Morgan fingerprint density at radius 1 is 1.36 bits per heavy atom. The average molecular weight is 427 g/mol. The van der Waals surface area contributed by atoms with E-state index in [0.717, 1.165) is 18.2 Å². The number of nitrogens with zero attached hydrogens (tertiary/aromatic N) is 1. The first-order chi connectivity index (χ1) is 13.1. The summed E-state index contributed by atoms with van der Waals surface area (Å²) in [6, 6.07) is 7.94. The fourth-order valence-corrected chi connectivity index (χ4v) is 4.92. The Bertz CT molecular complexity index is 1030. The molecule has 0 spiro atoms. The van der Waals surface area contributed by atoms with Crippen molar-refractivity contribution in [3.63, 3.8) is 0 Å². The van der Waals surface area contributed by atoms with Gasteiger partial charge in [0.1, 0.15) is 23.5 Å². The van der Waals surface area contributed by atoms with Gasteiger partial charge in [-0.3, -0.25) is 4.31 Å². The van der Waals surface area contributed by atoms with E-state index in [1.54, 1.807) is 12.1 Å². The lowest BCUT2D eigenvalue weighted by atomic mass is 9.97. The van der Waals surface area contributed by atoms with Crippen molar-refractivity contribution in [2.75, 3.05) is 16.6 Å². The number of nitrogens with two attached hydrogens (primary N) is 1. The summed E-state index contributed by atoms with van der Waals surface area (Å²) in [5.74, 6) is -0.588. The summed E-state index contributed by atoms with van der Waals surface area (Å²) in [6.45, 7) is 3.29. The van der Waals surface area contributed by atoms with Gasteiger partial charge in [-0.2, -0.15) is 0 Å². The van der Waals surface area contributed by atoms with E-state index in [0.29, 0.717) is 11.4 Å². The predicted octanol–water partition coefficient (Wildman–Crippen LogP) is 3.63. The first-order valence-electron chi connectivity index (χ1n) is 8.63. The molecule has 0 aromatic heterocycles. The molecule has 1 unspecified atom stereocenters. The van der Waals surface area contributed by atoms with Crippen LogP contribution in [0.5, 0.6) is 5.75 Å². The molecule has 150 valence electrons. The van der Waals surface area contributed by atoms with Gasteiger partial charge in [-0.1, -0.05) is 18.5 Å². The topological polar surface area (TPSA) is 89.7 Å². The molecule has 0 radical (unpaired) electrons. The average Bonchev–Trinajstić information content (AvgIpc) is 2.62. The molecule has 1 heterocycles. The molecule has 0 amide bonds. The molecule has 2 N–H and O–H groups in total. The summed E-state index contributed by atoms with van der Waals surface area (Å²) in [5, 5.41) is -0.288. The number of carbonyl (C=O) groups excluding carboxylic acids is 1. The number of benzene rings is 2. The molecule has 9 heteroatoms. The van der Waals surface area contributed by atoms with Crippen molar-refractivity contribution in [3.8, 4) is 5.75 Å². The van der Waals surface area contributed by atoms with Gasteiger partial charge in [0, 0.05) is 18.0 Å². The number of hydrogen-bond donors (Lipinski definition) is 1. The van der Waals surface area contributed by atoms with Crippen LogP contribution in [0.1, 0.15) is 20.3 Å². The number of hydrogen-bond acceptors (Lipinski definition) is 5. The Kier molecular flexibility index (Phi) is 5.54. The van der Waals surface area contributed by atoms with Gasteiger partial charge in [0.05, 0.1) is 22.2 Å². The number of nitrogen functional groups attached to an aromatic ring is 1. The third-order valence-electron chi connectivity index (χ3n) is 4.60. The second-order valence-corrected chi connectivity index (χ2v) is 9.15.